The zero-order valence-electron chi connectivity index (χ0n) is 9.67. The van der Waals surface area contributed by atoms with Gasteiger partial charge in [0.15, 0.2) is 0 Å². The fourth-order valence-electron chi connectivity index (χ4n) is 1.71. The summed E-state index contributed by atoms with van der Waals surface area (Å²) in [5.74, 6) is 0. The molecule has 0 saturated heterocycles. The van der Waals surface area contributed by atoms with Gasteiger partial charge in [-0.3, -0.25) is 0 Å². The zero-order chi connectivity index (χ0) is 10.6. The van der Waals surface area contributed by atoms with Crippen LogP contribution in [0.5, 0.6) is 0 Å². The van der Waals surface area contributed by atoms with Crippen LogP contribution < -0.4 is 5.32 Å². The van der Waals surface area contributed by atoms with Gasteiger partial charge in [0.2, 0.25) is 0 Å². The SMILES string of the molecule is CCC(C)N[C@H](C)c1ccccc1C. The minimum absolute atomic E-state index is 0.450. The molecule has 0 aliphatic heterocycles. The van der Waals surface area contributed by atoms with Crippen molar-refractivity contribution in [1.29, 1.82) is 0 Å². The van der Waals surface area contributed by atoms with Gasteiger partial charge in [0.1, 0.15) is 0 Å². The van der Waals surface area contributed by atoms with Crippen molar-refractivity contribution in [3.8, 4) is 0 Å². The predicted molar refractivity (Wildman–Crippen MR) is 62.5 cm³/mol. The van der Waals surface area contributed by atoms with Crippen molar-refractivity contribution in [1.82, 2.24) is 5.32 Å². The van der Waals surface area contributed by atoms with Gasteiger partial charge in [-0.15, -0.1) is 0 Å². The molecule has 0 amide bonds. The summed E-state index contributed by atoms with van der Waals surface area (Å²) < 4.78 is 0. The third kappa shape index (κ3) is 2.85. The molecule has 0 fully saturated rings. The molecule has 0 aromatic heterocycles. The van der Waals surface area contributed by atoms with Crippen molar-refractivity contribution in [2.24, 2.45) is 0 Å². The van der Waals surface area contributed by atoms with Gasteiger partial charge in [0.05, 0.1) is 0 Å². The lowest BCUT2D eigenvalue weighted by Crippen LogP contribution is -2.28. The first-order valence-electron chi connectivity index (χ1n) is 5.46. The van der Waals surface area contributed by atoms with Gasteiger partial charge < -0.3 is 5.32 Å². The van der Waals surface area contributed by atoms with Crippen LogP contribution in [0.1, 0.15) is 44.4 Å². The van der Waals surface area contributed by atoms with Crippen LogP contribution in [0.25, 0.3) is 0 Å². The molecule has 0 heterocycles. The Morgan fingerprint density at radius 2 is 1.86 bits per heavy atom. The van der Waals surface area contributed by atoms with E-state index in [1.165, 1.54) is 17.5 Å². The van der Waals surface area contributed by atoms with Crippen molar-refractivity contribution in [2.75, 3.05) is 0 Å². The molecule has 1 nitrogen and oxygen atoms in total. The van der Waals surface area contributed by atoms with Gasteiger partial charge in [-0.2, -0.15) is 0 Å². The third-order valence-corrected chi connectivity index (χ3v) is 2.80. The van der Waals surface area contributed by atoms with Gasteiger partial charge in [0, 0.05) is 12.1 Å². The van der Waals surface area contributed by atoms with E-state index in [1.54, 1.807) is 0 Å². The van der Waals surface area contributed by atoms with Crippen LogP contribution in [0.4, 0.5) is 0 Å². The zero-order valence-corrected chi connectivity index (χ0v) is 9.67. The lowest BCUT2D eigenvalue weighted by atomic mass is 10.0. The lowest BCUT2D eigenvalue weighted by molar-refractivity contribution is 0.468. The standard InChI is InChI=1S/C13H21N/c1-5-11(3)14-12(4)13-9-7-6-8-10(13)2/h6-9,11-12,14H,5H2,1-4H3/t11?,12-/m1/s1. The molecule has 78 valence electrons. The number of nitrogens with one attached hydrogen (secondary N) is 1. The molecule has 2 atom stereocenters. The molecular weight excluding hydrogens is 170 g/mol. The first-order valence-corrected chi connectivity index (χ1v) is 5.46. The predicted octanol–water partition coefficient (Wildman–Crippen LogP) is 3.44. The molecule has 0 aliphatic carbocycles. The smallest absolute Gasteiger partial charge is 0.0296 e. The second-order valence-corrected chi connectivity index (χ2v) is 4.05. The number of rotatable bonds is 4. The van der Waals surface area contributed by atoms with Crippen LogP contribution in [0.3, 0.4) is 0 Å². The molecule has 1 heteroatoms. The summed E-state index contributed by atoms with van der Waals surface area (Å²) >= 11 is 0. The van der Waals surface area contributed by atoms with E-state index < -0.39 is 0 Å². The quantitative estimate of drug-likeness (QED) is 0.768. The summed E-state index contributed by atoms with van der Waals surface area (Å²) in [5.41, 5.74) is 2.78. The highest BCUT2D eigenvalue weighted by Crippen LogP contribution is 2.17. The largest absolute Gasteiger partial charge is 0.308 e. The van der Waals surface area contributed by atoms with Crippen LogP contribution in [-0.4, -0.2) is 6.04 Å². The molecule has 0 radical (unpaired) electrons. The van der Waals surface area contributed by atoms with E-state index >= 15 is 0 Å². The molecule has 0 spiro atoms. The Morgan fingerprint density at radius 3 is 2.43 bits per heavy atom. The number of benzene rings is 1. The Labute approximate surface area is 87.5 Å². The molecule has 1 aromatic rings. The fourth-order valence-corrected chi connectivity index (χ4v) is 1.71. The number of aryl methyl sites for hydroxylation is 1. The maximum atomic E-state index is 3.59. The third-order valence-electron chi connectivity index (χ3n) is 2.80. The van der Waals surface area contributed by atoms with E-state index in [0.717, 1.165) is 0 Å². The summed E-state index contributed by atoms with van der Waals surface area (Å²) in [6.07, 6.45) is 1.18. The van der Waals surface area contributed by atoms with Crippen molar-refractivity contribution in [2.45, 2.75) is 46.2 Å². The molecule has 0 saturated carbocycles. The van der Waals surface area contributed by atoms with Crippen molar-refractivity contribution in [3.05, 3.63) is 35.4 Å². The Hall–Kier alpha value is -0.820. The summed E-state index contributed by atoms with van der Waals surface area (Å²) in [6.45, 7) is 8.84. The molecule has 1 rings (SSSR count). The van der Waals surface area contributed by atoms with E-state index in [2.05, 4.69) is 57.3 Å². The van der Waals surface area contributed by atoms with Gasteiger partial charge in [-0.05, 0) is 38.3 Å². The molecule has 0 bridgehead atoms. The molecular formula is C13H21N. The maximum Gasteiger partial charge on any atom is 0.0296 e. The summed E-state index contributed by atoms with van der Waals surface area (Å²) in [7, 11) is 0. The lowest BCUT2D eigenvalue weighted by Gasteiger charge is -2.20. The topological polar surface area (TPSA) is 12.0 Å². The molecule has 1 N–H and O–H groups in total. The van der Waals surface area contributed by atoms with Crippen LogP contribution in [0, 0.1) is 6.92 Å². The first-order chi connectivity index (χ1) is 6.65. The maximum absolute atomic E-state index is 3.59. The van der Waals surface area contributed by atoms with E-state index in [-0.39, 0.29) is 0 Å². The van der Waals surface area contributed by atoms with E-state index in [1.807, 2.05) is 0 Å². The highest BCUT2D eigenvalue weighted by atomic mass is 14.9. The Morgan fingerprint density at radius 1 is 1.21 bits per heavy atom. The molecule has 1 aromatic carbocycles. The van der Waals surface area contributed by atoms with Gasteiger partial charge in [0.25, 0.3) is 0 Å². The average molecular weight is 191 g/mol. The number of hydrogen-bond acceptors (Lipinski definition) is 1. The molecule has 0 aliphatic rings. The Balaban J connectivity index is 2.69. The van der Waals surface area contributed by atoms with Crippen LogP contribution in [0.15, 0.2) is 24.3 Å². The van der Waals surface area contributed by atoms with Crippen molar-refractivity contribution < 1.29 is 0 Å². The highest BCUT2D eigenvalue weighted by molar-refractivity contribution is 5.28. The molecule has 14 heavy (non-hydrogen) atoms. The Bertz CT molecular complexity index is 280. The second kappa shape index (κ2) is 5.16. The average Bonchev–Trinajstić information content (AvgIpc) is 2.18. The van der Waals surface area contributed by atoms with Crippen LogP contribution >= 0.6 is 0 Å². The monoisotopic (exact) mass is 191 g/mol. The molecule has 1 unspecified atom stereocenters. The fraction of sp³-hybridized carbons (Fsp3) is 0.538. The minimum Gasteiger partial charge on any atom is -0.308 e. The van der Waals surface area contributed by atoms with E-state index in [4.69, 9.17) is 0 Å². The Kier molecular flexibility index (Phi) is 4.15. The highest BCUT2D eigenvalue weighted by Gasteiger charge is 2.09. The second-order valence-electron chi connectivity index (χ2n) is 4.05. The van der Waals surface area contributed by atoms with Crippen molar-refractivity contribution >= 4 is 0 Å². The normalized spacial score (nSPS) is 15.1. The number of hydrogen-bond donors (Lipinski definition) is 1. The van der Waals surface area contributed by atoms with Gasteiger partial charge in [-0.25, -0.2) is 0 Å². The summed E-state index contributed by atoms with van der Waals surface area (Å²) in [5, 5.41) is 3.59. The van der Waals surface area contributed by atoms with E-state index in [0.29, 0.717) is 12.1 Å². The van der Waals surface area contributed by atoms with E-state index in [9.17, 15) is 0 Å². The van der Waals surface area contributed by atoms with Crippen LogP contribution in [0.2, 0.25) is 0 Å². The van der Waals surface area contributed by atoms with Crippen molar-refractivity contribution in [3.63, 3.8) is 0 Å². The van der Waals surface area contributed by atoms with Gasteiger partial charge in [-0.1, -0.05) is 31.2 Å². The minimum atomic E-state index is 0.450. The summed E-state index contributed by atoms with van der Waals surface area (Å²) in [4.78, 5) is 0. The van der Waals surface area contributed by atoms with Crippen LogP contribution in [-0.2, 0) is 0 Å². The summed E-state index contributed by atoms with van der Waals surface area (Å²) in [6, 6.07) is 9.61. The first kappa shape index (κ1) is 11.3. The van der Waals surface area contributed by atoms with Gasteiger partial charge >= 0.3 is 0 Å².